The zero-order valence-corrected chi connectivity index (χ0v) is 19.6. The smallest absolute Gasteiger partial charge is 0.290 e. The van der Waals surface area contributed by atoms with Crippen LogP contribution in [0.4, 0.5) is 5.82 Å². The molecule has 0 aliphatic carbocycles. The summed E-state index contributed by atoms with van der Waals surface area (Å²) in [5, 5.41) is 17.1. The highest BCUT2D eigenvalue weighted by molar-refractivity contribution is 6.42. The molecular weight excluding hydrogens is 475 g/mol. The molecule has 2 heterocycles. The third kappa shape index (κ3) is 9.39. The summed E-state index contributed by atoms with van der Waals surface area (Å²) in [6, 6.07) is 7.16. The minimum Gasteiger partial charge on any atom is -0.483 e. The van der Waals surface area contributed by atoms with Gasteiger partial charge < -0.3 is 25.0 Å². The number of carbonyl (C=O) groups excluding carboxylic acids is 2. The fourth-order valence-electron chi connectivity index (χ4n) is 3.08. The average Bonchev–Trinajstić information content (AvgIpc) is 3.22. The maximum Gasteiger partial charge on any atom is 0.290 e. The molecule has 1 aromatic carbocycles. The van der Waals surface area contributed by atoms with E-state index in [1.54, 1.807) is 19.1 Å². The van der Waals surface area contributed by atoms with Crippen molar-refractivity contribution < 1.29 is 28.8 Å². The summed E-state index contributed by atoms with van der Waals surface area (Å²) < 4.78 is 10.9. The number of benzene rings is 1. The van der Waals surface area contributed by atoms with Gasteiger partial charge in [-0.1, -0.05) is 41.3 Å². The Hall–Kier alpha value is -2.66. The lowest BCUT2D eigenvalue weighted by molar-refractivity contribution is -0.123. The van der Waals surface area contributed by atoms with E-state index in [9.17, 15) is 9.59 Å². The maximum absolute atomic E-state index is 12.2. The first-order chi connectivity index (χ1) is 15.8. The lowest BCUT2D eigenvalue weighted by Gasteiger charge is -2.33. The molecule has 3 rings (SSSR count). The third-order valence-corrected chi connectivity index (χ3v) is 5.36. The lowest BCUT2D eigenvalue weighted by atomic mass is 10.2. The highest BCUT2D eigenvalue weighted by Gasteiger charge is 2.21. The second kappa shape index (κ2) is 13.8. The molecular formula is C21H26Cl2N4O6. The number of ether oxygens (including phenoxy) is 1. The van der Waals surface area contributed by atoms with Crippen molar-refractivity contribution in [2.24, 2.45) is 0 Å². The first-order valence-corrected chi connectivity index (χ1v) is 11.0. The minimum absolute atomic E-state index is 0.0364. The number of morpholine rings is 1. The van der Waals surface area contributed by atoms with Gasteiger partial charge in [-0.25, -0.2) is 0 Å². The molecule has 1 aliphatic rings. The number of nitrogens with zero attached hydrogens (tertiary/aromatic N) is 2. The zero-order chi connectivity index (χ0) is 24.2. The Morgan fingerprint density at radius 2 is 2.03 bits per heavy atom. The molecule has 0 bridgehead atoms. The van der Waals surface area contributed by atoms with Crippen molar-refractivity contribution in [2.75, 3.05) is 31.6 Å². The van der Waals surface area contributed by atoms with Crippen molar-refractivity contribution in [3.8, 4) is 0 Å². The van der Waals surface area contributed by atoms with Gasteiger partial charge in [-0.15, -0.1) is 0 Å². The van der Waals surface area contributed by atoms with Crippen LogP contribution in [0.3, 0.4) is 0 Å². The van der Waals surface area contributed by atoms with E-state index in [1.807, 2.05) is 12.1 Å². The van der Waals surface area contributed by atoms with Gasteiger partial charge in [0.05, 0.1) is 29.2 Å². The number of hydrogen-bond donors (Lipinski definition) is 3. The van der Waals surface area contributed by atoms with Crippen LogP contribution < -0.4 is 10.6 Å². The van der Waals surface area contributed by atoms with Crippen LogP contribution in [0.1, 0.15) is 24.7 Å². The normalized spacial score (nSPS) is 15.8. The predicted octanol–water partition coefficient (Wildman–Crippen LogP) is 2.59. The second-order valence-corrected chi connectivity index (χ2v) is 7.96. The summed E-state index contributed by atoms with van der Waals surface area (Å²) in [7, 11) is 0. The van der Waals surface area contributed by atoms with Gasteiger partial charge in [-0.05, 0) is 17.7 Å². The van der Waals surface area contributed by atoms with Crippen LogP contribution in [0.15, 0.2) is 28.8 Å². The quantitative estimate of drug-likeness (QED) is 0.470. The number of carbonyl (C=O) groups is 3. The summed E-state index contributed by atoms with van der Waals surface area (Å²) in [6.45, 7) is 4.69. The molecule has 1 saturated heterocycles. The Morgan fingerprint density at radius 3 is 2.73 bits per heavy atom. The van der Waals surface area contributed by atoms with Gasteiger partial charge in [0.1, 0.15) is 5.76 Å². The van der Waals surface area contributed by atoms with E-state index in [-0.39, 0.29) is 30.8 Å². The maximum atomic E-state index is 12.2. The van der Waals surface area contributed by atoms with Crippen molar-refractivity contribution in [1.29, 1.82) is 0 Å². The predicted molar refractivity (Wildman–Crippen MR) is 122 cm³/mol. The summed E-state index contributed by atoms with van der Waals surface area (Å²) in [6.07, 6.45) is 0.264. The number of carboxylic acid groups (broad SMARTS) is 1. The number of hydrogen-bond acceptors (Lipinski definition) is 7. The zero-order valence-electron chi connectivity index (χ0n) is 18.1. The Morgan fingerprint density at radius 1 is 1.27 bits per heavy atom. The van der Waals surface area contributed by atoms with Crippen molar-refractivity contribution in [2.45, 2.75) is 32.4 Å². The molecule has 3 N–H and O–H groups in total. The summed E-state index contributed by atoms with van der Waals surface area (Å²) in [5.41, 5.74) is 1.07. The van der Waals surface area contributed by atoms with Gasteiger partial charge in [0, 0.05) is 38.7 Å². The molecule has 1 atom stereocenters. The van der Waals surface area contributed by atoms with E-state index >= 15 is 0 Å². The Labute approximate surface area is 201 Å². The summed E-state index contributed by atoms with van der Waals surface area (Å²) >= 11 is 12.1. The molecule has 1 aromatic heterocycles. The van der Waals surface area contributed by atoms with Crippen LogP contribution in [0.25, 0.3) is 0 Å². The van der Waals surface area contributed by atoms with Crippen molar-refractivity contribution >= 4 is 47.3 Å². The topological polar surface area (TPSA) is 134 Å². The molecule has 1 aliphatic heterocycles. The van der Waals surface area contributed by atoms with E-state index in [2.05, 4.69) is 20.7 Å². The summed E-state index contributed by atoms with van der Waals surface area (Å²) in [4.78, 5) is 34.2. The highest BCUT2D eigenvalue weighted by Crippen LogP contribution is 2.23. The first kappa shape index (κ1) is 26.6. The average molecular weight is 501 g/mol. The minimum atomic E-state index is -0.250. The SMILES string of the molecule is CCC(=O)Nc1cc(CC(=O)NC[C@H]2CN(Cc3ccc(Cl)c(Cl)c3)CCO2)on1.O=CO. The van der Waals surface area contributed by atoms with Gasteiger partial charge in [0.15, 0.2) is 5.82 Å². The standard InChI is InChI=1S/C20H24Cl2N4O4.CH2O2/c1-2-19(27)24-18-8-14(30-25-18)9-20(28)23-10-15-12-26(5-6-29-15)11-13-3-4-16(21)17(22)7-13;2-1-3/h3-4,7-8,15H,2,5-6,9-12H2,1H3,(H,23,28)(H,24,25,27);1H,(H,2,3)/t15-;/m0./s1. The highest BCUT2D eigenvalue weighted by atomic mass is 35.5. The molecule has 2 amide bonds. The van der Waals surface area contributed by atoms with Crippen molar-refractivity contribution in [3.63, 3.8) is 0 Å². The second-order valence-electron chi connectivity index (χ2n) is 7.14. The largest absolute Gasteiger partial charge is 0.483 e. The van der Waals surface area contributed by atoms with E-state index in [0.29, 0.717) is 47.7 Å². The molecule has 10 nitrogen and oxygen atoms in total. The molecule has 0 spiro atoms. The van der Waals surface area contributed by atoms with E-state index < -0.39 is 0 Å². The van der Waals surface area contributed by atoms with Crippen molar-refractivity contribution in [3.05, 3.63) is 45.6 Å². The van der Waals surface area contributed by atoms with Crippen LogP contribution in [0.5, 0.6) is 0 Å². The molecule has 180 valence electrons. The Bertz CT molecular complexity index is 939. The molecule has 0 radical (unpaired) electrons. The van der Waals surface area contributed by atoms with Crippen LogP contribution in [-0.2, 0) is 32.1 Å². The van der Waals surface area contributed by atoms with Gasteiger partial charge in [0.2, 0.25) is 11.8 Å². The first-order valence-electron chi connectivity index (χ1n) is 10.2. The van der Waals surface area contributed by atoms with Gasteiger partial charge in [0.25, 0.3) is 6.47 Å². The molecule has 2 aromatic rings. The fraction of sp³-hybridized carbons (Fsp3) is 0.429. The number of aromatic nitrogens is 1. The van der Waals surface area contributed by atoms with Crippen LogP contribution in [0, 0.1) is 0 Å². The van der Waals surface area contributed by atoms with Crippen molar-refractivity contribution in [1.82, 2.24) is 15.4 Å². The molecule has 1 fully saturated rings. The Balaban J connectivity index is 0.00000122. The lowest BCUT2D eigenvalue weighted by Crippen LogP contribution is -2.47. The molecule has 33 heavy (non-hydrogen) atoms. The number of amides is 2. The van der Waals surface area contributed by atoms with E-state index in [4.69, 9.17) is 42.4 Å². The number of anilines is 1. The van der Waals surface area contributed by atoms with Crippen LogP contribution in [-0.4, -0.2) is 65.8 Å². The number of nitrogens with one attached hydrogen (secondary N) is 2. The number of rotatable bonds is 8. The van der Waals surface area contributed by atoms with Gasteiger partial charge in [-0.2, -0.15) is 0 Å². The number of halogens is 2. The Kier molecular flexibility index (Phi) is 11.1. The van der Waals surface area contributed by atoms with Gasteiger partial charge in [-0.3, -0.25) is 19.3 Å². The molecule has 12 heteroatoms. The third-order valence-electron chi connectivity index (χ3n) is 4.62. The summed E-state index contributed by atoms with van der Waals surface area (Å²) in [5.74, 6) is 0.312. The monoisotopic (exact) mass is 500 g/mol. The van der Waals surface area contributed by atoms with Gasteiger partial charge >= 0.3 is 0 Å². The molecule has 0 unspecified atom stereocenters. The van der Waals surface area contributed by atoms with Crippen LogP contribution in [0.2, 0.25) is 10.0 Å². The van der Waals surface area contributed by atoms with E-state index in [0.717, 1.165) is 18.7 Å². The molecule has 0 saturated carbocycles. The van der Waals surface area contributed by atoms with Crippen LogP contribution >= 0.6 is 23.2 Å². The van der Waals surface area contributed by atoms with E-state index in [1.165, 1.54) is 0 Å². The fourth-order valence-corrected chi connectivity index (χ4v) is 3.40.